The molecule has 3 rings (SSSR count). The molecule has 3 N–H and O–H groups in total. The predicted octanol–water partition coefficient (Wildman–Crippen LogP) is 2.03. The molecule has 1 fully saturated rings. The fraction of sp³-hybridized carbons (Fsp3) is 0.480. The highest BCUT2D eigenvalue weighted by atomic mass is 35.5. The number of benzene rings is 2. The van der Waals surface area contributed by atoms with Crippen molar-refractivity contribution in [1.29, 1.82) is 5.26 Å². The van der Waals surface area contributed by atoms with Crippen molar-refractivity contribution in [2.24, 2.45) is 0 Å². The van der Waals surface area contributed by atoms with Gasteiger partial charge >= 0.3 is 0 Å². The number of methoxy groups -OCH3 is 1. The summed E-state index contributed by atoms with van der Waals surface area (Å²) in [5, 5.41) is 24.1. The Bertz CT molecular complexity index is 1170. The quantitative estimate of drug-likeness (QED) is 0.267. The molecule has 2 aromatic carbocycles. The fourth-order valence-corrected chi connectivity index (χ4v) is 5.22. The number of nitriles is 1. The van der Waals surface area contributed by atoms with E-state index in [0.29, 0.717) is 5.75 Å². The molecule has 1 aliphatic heterocycles. The number of hydrogen-bond acceptors (Lipinski definition) is 9. The number of aliphatic hydroxyl groups excluding tert-OH is 1. The molecule has 2 aromatic rings. The van der Waals surface area contributed by atoms with Crippen LogP contribution in [0.2, 0.25) is 0 Å². The summed E-state index contributed by atoms with van der Waals surface area (Å²) in [7, 11) is -2.36. The maximum atomic E-state index is 12.9. The highest BCUT2D eigenvalue weighted by molar-refractivity contribution is 7.89. The highest BCUT2D eigenvalue weighted by Gasteiger charge is 2.33. The van der Waals surface area contributed by atoms with Crippen LogP contribution in [0.15, 0.2) is 53.4 Å². The number of morpholine rings is 1. The molecule has 0 bridgehead atoms. The lowest BCUT2D eigenvalue weighted by molar-refractivity contribution is -0.0247. The van der Waals surface area contributed by atoms with Crippen molar-refractivity contribution in [2.45, 2.75) is 48.4 Å². The molecular weight excluding hydrogens is 520 g/mol. The van der Waals surface area contributed by atoms with Crippen molar-refractivity contribution >= 4 is 21.6 Å². The normalized spacial score (nSPS) is 19.7. The Morgan fingerprint density at radius 2 is 2.00 bits per heavy atom. The first kappa shape index (κ1) is 29.1. The number of hydrazine groups is 1. The maximum Gasteiger partial charge on any atom is 0.253 e. The molecule has 0 saturated carbocycles. The summed E-state index contributed by atoms with van der Waals surface area (Å²) in [6, 6.07) is 15.7. The van der Waals surface area contributed by atoms with Gasteiger partial charge in [-0.05, 0) is 50.1 Å². The van der Waals surface area contributed by atoms with Gasteiger partial charge in [-0.2, -0.15) is 5.26 Å². The third-order valence-electron chi connectivity index (χ3n) is 5.72. The zero-order valence-corrected chi connectivity index (χ0v) is 22.6. The first-order valence-corrected chi connectivity index (χ1v) is 13.7. The molecule has 1 heterocycles. The standard InChI is InChI=1S/C25H33ClN4O6S/c1-25(2,14-18-7-9-20(34-3)10-8-18)28-16-19(31)17-36-21-5-4-6-22(13-21)37(32,33)29-30-11-12-35-23(15-27)24(30)26/h4-10,13,19,23-24,28-29,31H,11-12,14,16-17H2,1-3H3/t19-,23?,24?/m1/s1. The van der Waals surface area contributed by atoms with Gasteiger partial charge in [0, 0.05) is 24.7 Å². The second-order valence-electron chi connectivity index (χ2n) is 9.31. The van der Waals surface area contributed by atoms with Gasteiger partial charge in [0.2, 0.25) is 0 Å². The van der Waals surface area contributed by atoms with E-state index in [1.807, 2.05) is 44.2 Å². The Kier molecular flexibility index (Phi) is 10.1. The number of nitrogens with zero attached hydrogens (tertiary/aromatic N) is 2. The Morgan fingerprint density at radius 1 is 1.27 bits per heavy atom. The Labute approximate surface area is 223 Å². The molecule has 12 heteroatoms. The second kappa shape index (κ2) is 12.9. The summed E-state index contributed by atoms with van der Waals surface area (Å²) in [4.78, 5) is 2.36. The zero-order valence-electron chi connectivity index (χ0n) is 21.1. The number of halogens is 1. The molecule has 2 unspecified atom stereocenters. The van der Waals surface area contributed by atoms with Gasteiger partial charge in [-0.3, -0.25) is 0 Å². The van der Waals surface area contributed by atoms with E-state index in [2.05, 4.69) is 10.1 Å². The van der Waals surface area contributed by atoms with Crippen molar-refractivity contribution in [2.75, 3.05) is 33.4 Å². The van der Waals surface area contributed by atoms with Gasteiger partial charge in [-0.1, -0.05) is 18.2 Å². The Morgan fingerprint density at radius 3 is 2.68 bits per heavy atom. The number of rotatable bonds is 12. The van der Waals surface area contributed by atoms with E-state index in [1.165, 1.54) is 17.1 Å². The van der Waals surface area contributed by atoms with E-state index >= 15 is 0 Å². The second-order valence-corrected chi connectivity index (χ2v) is 11.4. The van der Waals surface area contributed by atoms with Crippen LogP contribution in [0.4, 0.5) is 0 Å². The molecule has 1 saturated heterocycles. The van der Waals surface area contributed by atoms with Crippen LogP contribution in [0.5, 0.6) is 11.5 Å². The maximum absolute atomic E-state index is 12.9. The van der Waals surface area contributed by atoms with Crippen LogP contribution >= 0.6 is 11.6 Å². The summed E-state index contributed by atoms with van der Waals surface area (Å²) in [5.41, 5.74) is -0.111. The number of β-amino-alcohol motifs (C(OH)–C–C–N with tert-alkyl or cyclic N) is 1. The van der Waals surface area contributed by atoms with Gasteiger partial charge in [0.25, 0.3) is 10.0 Å². The summed E-state index contributed by atoms with van der Waals surface area (Å²) in [6.45, 7) is 4.71. The van der Waals surface area contributed by atoms with Gasteiger partial charge < -0.3 is 24.6 Å². The van der Waals surface area contributed by atoms with Crippen molar-refractivity contribution in [3.05, 3.63) is 54.1 Å². The molecule has 0 aromatic heterocycles. The van der Waals surface area contributed by atoms with E-state index in [9.17, 15) is 13.5 Å². The lowest BCUT2D eigenvalue weighted by Gasteiger charge is -2.34. The lowest BCUT2D eigenvalue weighted by atomic mass is 9.94. The average molecular weight is 553 g/mol. The van der Waals surface area contributed by atoms with Crippen molar-refractivity contribution < 1.29 is 27.7 Å². The number of sulfonamides is 1. The van der Waals surface area contributed by atoms with Gasteiger partial charge in [-0.25, -0.2) is 13.4 Å². The molecule has 0 spiro atoms. The number of hydrogen-bond donors (Lipinski definition) is 3. The number of nitrogens with one attached hydrogen (secondary N) is 2. The summed E-state index contributed by atoms with van der Waals surface area (Å²) in [6.07, 6.45) is -1.02. The van der Waals surface area contributed by atoms with Gasteiger partial charge in [0.1, 0.15) is 29.7 Å². The van der Waals surface area contributed by atoms with Crippen molar-refractivity contribution in [3.8, 4) is 17.6 Å². The topological polar surface area (TPSA) is 133 Å². The van der Waals surface area contributed by atoms with E-state index in [0.717, 1.165) is 17.7 Å². The Hall–Kier alpha value is -2.43. The van der Waals surface area contributed by atoms with E-state index in [1.54, 1.807) is 19.2 Å². The number of ether oxygens (including phenoxy) is 3. The molecule has 37 heavy (non-hydrogen) atoms. The first-order valence-electron chi connectivity index (χ1n) is 11.8. The lowest BCUT2D eigenvalue weighted by Crippen LogP contribution is -2.55. The monoisotopic (exact) mass is 552 g/mol. The van der Waals surface area contributed by atoms with Gasteiger partial charge in [-0.15, -0.1) is 16.4 Å². The average Bonchev–Trinajstić information content (AvgIpc) is 2.88. The van der Waals surface area contributed by atoms with E-state index in [4.69, 9.17) is 31.1 Å². The minimum Gasteiger partial charge on any atom is -0.497 e. The molecule has 10 nitrogen and oxygen atoms in total. The SMILES string of the molecule is COc1ccc(CC(C)(C)NC[C@@H](O)COc2cccc(S(=O)(=O)NN3CCOC(C#N)C3Cl)c2)cc1. The minimum absolute atomic E-state index is 0.0282. The minimum atomic E-state index is -3.99. The zero-order chi connectivity index (χ0) is 27.1. The number of alkyl halides is 1. The molecular formula is C25H33ClN4O6S. The van der Waals surface area contributed by atoms with Crippen LogP contribution < -0.4 is 19.6 Å². The molecule has 3 atom stereocenters. The molecule has 0 amide bonds. The molecule has 202 valence electrons. The summed E-state index contributed by atoms with van der Waals surface area (Å²) in [5.74, 6) is 1.09. The molecule has 0 radical (unpaired) electrons. The third-order valence-corrected chi connectivity index (χ3v) is 7.54. The smallest absolute Gasteiger partial charge is 0.253 e. The predicted molar refractivity (Wildman–Crippen MR) is 139 cm³/mol. The van der Waals surface area contributed by atoms with Crippen molar-refractivity contribution in [1.82, 2.24) is 15.2 Å². The van der Waals surface area contributed by atoms with E-state index < -0.39 is 27.7 Å². The van der Waals surface area contributed by atoms with Crippen LogP contribution in [0.3, 0.4) is 0 Å². The van der Waals surface area contributed by atoms with Crippen LogP contribution in [0.1, 0.15) is 19.4 Å². The fourth-order valence-electron chi connectivity index (χ4n) is 3.74. The third kappa shape index (κ3) is 8.55. The van der Waals surface area contributed by atoms with Crippen molar-refractivity contribution in [3.63, 3.8) is 0 Å². The van der Waals surface area contributed by atoms with Crippen LogP contribution in [-0.4, -0.2) is 75.2 Å². The van der Waals surface area contributed by atoms with E-state index in [-0.39, 0.29) is 36.7 Å². The van der Waals surface area contributed by atoms with Crippen LogP contribution in [0.25, 0.3) is 0 Å². The molecule has 0 aliphatic carbocycles. The molecule has 1 aliphatic rings. The van der Waals surface area contributed by atoms with Crippen LogP contribution in [0, 0.1) is 11.3 Å². The number of aliphatic hydroxyl groups is 1. The van der Waals surface area contributed by atoms with Crippen LogP contribution in [-0.2, 0) is 21.2 Å². The van der Waals surface area contributed by atoms with Gasteiger partial charge in [0.05, 0.1) is 24.7 Å². The first-order chi connectivity index (χ1) is 17.5. The summed E-state index contributed by atoms with van der Waals surface area (Å²) >= 11 is 6.17. The Balaban J connectivity index is 1.51. The largest absolute Gasteiger partial charge is 0.497 e. The highest BCUT2D eigenvalue weighted by Crippen LogP contribution is 2.21. The summed E-state index contributed by atoms with van der Waals surface area (Å²) < 4.78 is 41.8. The van der Waals surface area contributed by atoms with Gasteiger partial charge in [0.15, 0.2) is 6.10 Å².